The molecule has 6 heteroatoms. The van der Waals surface area contributed by atoms with Gasteiger partial charge in [0.15, 0.2) is 0 Å². The van der Waals surface area contributed by atoms with Crippen LogP contribution >= 0.6 is 0 Å². The minimum atomic E-state index is -0.322. The summed E-state index contributed by atoms with van der Waals surface area (Å²) >= 11 is 0. The van der Waals surface area contributed by atoms with Crippen molar-refractivity contribution < 1.29 is 13.9 Å². The van der Waals surface area contributed by atoms with E-state index in [2.05, 4.69) is 10.2 Å². The maximum Gasteiger partial charge on any atom is 0.273 e. The minimum absolute atomic E-state index is 0.0293. The summed E-state index contributed by atoms with van der Waals surface area (Å²) in [5.74, 6) is -0.384. The van der Waals surface area contributed by atoms with E-state index < -0.39 is 0 Å². The number of aromatic amines is 1. The average molecular weight is 391 g/mol. The van der Waals surface area contributed by atoms with Crippen LogP contribution in [0.1, 0.15) is 46.1 Å². The number of nitrogens with zero attached hydrogens (tertiary/aromatic N) is 2. The van der Waals surface area contributed by atoms with Crippen molar-refractivity contribution in [1.82, 2.24) is 15.1 Å². The number of aromatic nitrogens is 2. The average Bonchev–Trinajstić information content (AvgIpc) is 3.44. The quantitative estimate of drug-likeness (QED) is 0.723. The first-order valence-corrected chi connectivity index (χ1v) is 9.95. The highest BCUT2D eigenvalue weighted by atomic mass is 19.1. The number of carbonyl (C=O) groups is 1. The molecular weight excluding hydrogens is 369 g/mol. The maximum absolute atomic E-state index is 13.6. The SMILES string of the molecule is Cc1ccc(-c2n[nH]c3c2C(c2ccc(F)cc2)N(CC2CCCO2)C3=O)cc1. The summed E-state index contributed by atoms with van der Waals surface area (Å²) in [6, 6.07) is 14.1. The van der Waals surface area contributed by atoms with Gasteiger partial charge in [-0.2, -0.15) is 5.10 Å². The molecule has 2 unspecified atom stereocenters. The maximum atomic E-state index is 13.6. The molecule has 148 valence electrons. The summed E-state index contributed by atoms with van der Waals surface area (Å²) in [5.41, 5.74) is 5.10. The fraction of sp³-hybridized carbons (Fsp3) is 0.304. The van der Waals surface area contributed by atoms with Crippen LogP contribution in [0.15, 0.2) is 48.5 Å². The number of fused-ring (bicyclic) bond motifs is 1. The zero-order valence-electron chi connectivity index (χ0n) is 16.2. The molecule has 2 aromatic carbocycles. The van der Waals surface area contributed by atoms with Crippen LogP contribution in [0.2, 0.25) is 0 Å². The van der Waals surface area contributed by atoms with Gasteiger partial charge in [0, 0.05) is 24.3 Å². The van der Waals surface area contributed by atoms with E-state index in [0.29, 0.717) is 12.2 Å². The van der Waals surface area contributed by atoms with E-state index in [4.69, 9.17) is 4.74 Å². The van der Waals surface area contributed by atoms with Crippen LogP contribution in [-0.2, 0) is 4.74 Å². The van der Waals surface area contributed by atoms with Crippen molar-refractivity contribution in [2.45, 2.75) is 31.9 Å². The van der Waals surface area contributed by atoms with Gasteiger partial charge in [-0.25, -0.2) is 4.39 Å². The molecule has 1 amide bonds. The van der Waals surface area contributed by atoms with Crippen LogP contribution in [0.4, 0.5) is 4.39 Å². The van der Waals surface area contributed by atoms with E-state index in [-0.39, 0.29) is 23.9 Å². The topological polar surface area (TPSA) is 58.2 Å². The van der Waals surface area contributed by atoms with E-state index in [1.807, 2.05) is 36.1 Å². The van der Waals surface area contributed by atoms with Crippen molar-refractivity contribution in [2.75, 3.05) is 13.2 Å². The highest BCUT2D eigenvalue weighted by Gasteiger charge is 2.43. The molecule has 1 fully saturated rings. The molecule has 0 saturated carbocycles. The molecule has 0 radical (unpaired) electrons. The van der Waals surface area contributed by atoms with Crippen molar-refractivity contribution in [2.24, 2.45) is 0 Å². The zero-order valence-corrected chi connectivity index (χ0v) is 16.2. The summed E-state index contributed by atoms with van der Waals surface area (Å²) in [5, 5.41) is 7.43. The van der Waals surface area contributed by atoms with Gasteiger partial charge in [-0.1, -0.05) is 42.0 Å². The molecule has 1 saturated heterocycles. The highest BCUT2D eigenvalue weighted by molar-refractivity contribution is 6.00. The molecule has 3 heterocycles. The second-order valence-corrected chi connectivity index (χ2v) is 7.77. The van der Waals surface area contributed by atoms with Crippen molar-refractivity contribution in [3.63, 3.8) is 0 Å². The van der Waals surface area contributed by atoms with Crippen LogP contribution < -0.4 is 0 Å². The molecular formula is C23H22FN3O2. The van der Waals surface area contributed by atoms with E-state index >= 15 is 0 Å². The molecule has 2 aliphatic rings. The molecule has 5 rings (SSSR count). The number of hydrogen-bond donors (Lipinski definition) is 1. The van der Waals surface area contributed by atoms with Crippen LogP contribution in [-0.4, -0.2) is 40.3 Å². The Kier molecular flexibility index (Phi) is 4.43. The Balaban J connectivity index is 1.61. The van der Waals surface area contributed by atoms with Gasteiger partial charge >= 0.3 is 0 Å². The summed E-state index contributed by atoms with van der Waals surface area (Å²) < 4.78 is 19.4. The molecule has 2 aliphatic heterocycles. The van der Waals surface area contributed by atoms with E-state index in [9.17, 15) is 9.18 Å². The second kappa shape index (κ2) is 7.12. The summed E-state index contributed by atoms with van der Waals surface area (Å²) in [6.45, 7) is 3.28. The predicted molar refractivity (Wildman–Crippen MR) is 107 cm³/mol. The molecule has 0 aliphatic carbocycles. The predicted octanol–water partition coefficient (Wildman–Crippen LogP) is 4.25. The lowest BCUT2D eigenvalue weighted by atomic mass is 9.95. The van der Waals surface area contributed by atoms with Gasteiger partial charge in [-0.05, 0) is 37.5 Å². The Morgan fingerprint density at radius 1 is 1.17 bits per heavy atom. The molecule has 0 bridgehead atoms. The van der Waals surface area contributed by atoms with Gasteiger partial charge in [0.1, 0.15) is 11.5 Å². The minimum Gasteiger partial charge on any atom is -0.376 e. The zero-order chi connectivity index (χ0) is 20.0. The summed E-state index contributed by atoms with van der Waals surface area (Å²) in [4.78, 5) is 15.1. The standard InChI is InChI=1S/C23H22FN3O2/c1-14-4-6-15(7-5-14)20-19-21(26-25-20)23(28)27(13-18-3-2-12-29-18)22(19)16-8-10-17(24)11-9-16/h4-11,18,22H,2-3,12-13H2,1H3,(H,25,26). The number of ether oxygens (including phenoxy) is 1. The van der Waals surface area contributed by atoms with Gasteiger partial charge in [0.05, 0.1) is 17.8 Å². The lowest BCUT2D eigenvalue weighted by Crippen LogP contribution is -2.36. The number of rotatable bonds is 4. The number of aryl methyl sites for hydroxylation is 1. The third-order valence-electron chi connectivity index (χ3n) is 5.80. The van der Waals surface area contributed by atoms with Crippen LogP contribution in [0, 0.1) is 12.7 Å². The Labute approximate surface area is 168 Å². The summed E-state index contributed by atoms with van der Waals surface area (Å²) in [7, 11) is 0. The Morgan fingerprint density at radius 3 is 2.62 bits per heavy atom. The fourth-order valence-corrected chi connectivity index (χ4v) is 4.32. The smallest absolute Gasteiger partial charge is 0.273 e. The van der Waals surface area contributed by atoms with E-state index in [1.165, 1.54) is 12.1 Å². The van der Waals surface area contributed by atoms with E-state index in [1.54, 1.807) is 12.1 Å². The van der Waals surface area contributed by atoms with Gasteiger partial charge in [0.2, 0.25) is 0 Å². The number of carbonyl (C=O) groups excluding carboxylic acids is 1. The fourth-order valence-electron chi connectivity index (χ4n) is 4.32. The lowest BCUT2D eigenvalue weighted by Gasteiger charge is -2.28. The van der Waals surface area contributed by atoms with Crippen LogP contribution in [0.25, 0.3) is 11.3 Å². The Hall–Kier alpha value is -2.99. The first-order valence-electron chi connectivity index (χ1n) is 9.95. The number of H-pyrrole nitrogens is 1. The Morgan fingerprint density at radius 2 is 1.93 bits per heavy atom. The third-order valence-corrected chi connectivity index (χ3v) is 5.80. The normalized spacial score (nSPS) is 21.0. The molecule has 1 aromatic heterocycles. The van der Waals surface area contributed by atoms with Crippen molar-refractivity contribution in [1.29, 1.82) is 0 Å². The molecule has 5 nitrogen and oxygen atoms in total. The van der Waals surface area contributed by atoms with Crippen molar-refractivity contribution >= 4 is 5.91 Å². The van der Waals surface area contributed by atoms with Crippen LogP contribution in [0.5, 0.6) is 0 Å². The molecule has 29 heavy (non-hydrogen) atoms. The monoisotopic (exact) mass is 391 g/mol. The largest absolute Gasteiger partial charge is 0.376 e. The van der Waals surface area contributed by atoms with Gasteiger partial charge in [0.25, 0.3) is 5.91 Å². The number of halogens is 1. The molecule has 2 atom stereocenters. The van der Waals surface area contributed by atoms with Crippen molar-refractivity contribution in [3.8, 4) is 11.3 Å². The summed E-state index contributed by atoms with van der Waals surface area (Å²) in [6.07, 6.45) is 1.98. The van der Waals surface area contributed by atoms with Crippen molar-refractivity contribution in [3.05, 3.63) is 76.7 Å². The molecule has 1 N–H and O–H groups in total. The number of amides is 1. The van der Waals surface area contributed by atoms with E-state index in [0.717, 1.165) is 47.4 Å². The first-order chi connectivity index (χ1) is 14.1. The second-order valence-electron chi connectivity index (χ2n) is 7.77. The molecule has 0 spiro atoms. The van der Waals surface area contributed by atoms with Crippen LogP contribution in [0.3, 0.4) is 0 Å². The first kappa shape index (κ1) is 18.1. The third kappa shape index (κ3) is 3.13. The Bertz CT molecular complexity index is 1040. The molecule has 3 aromatic rings. The van der Waals surface area contributed by atoms with Gasteiger partial charge < -0.3 is 9.64 Å². The lowest BCUT2D eigenvalue weighted by molar-refractivity contribution is 0.0495. The van der Waals surface area contributed by atoms with Gasteiger partial charge in [-0.15, -0.1) is 0 Å². The van der Waals surface area contributed by atoms with Gasteiger partial charge in [-0.3, -0.25) is 9.89 Å². The highest BCUT2D eigenvalue weighted by Crippen LogP contribution is 2.43. The number of hydrogen-bond acceptors (Lipinski definition) is 3. The number of benzene rings is 2. The number of nitrogens with one attached hydrogen (secondary N) is 1.